The lowest BCUT2D eigenvalue weighted by Gasteiger charge is -2.39. The average molecular weight is 505 g/mol. The molecule has 1 aromatic heterocycles. The van der Waals surface area contributed by atoms with Gasteiger partial charge in [-0.3, -0.25) is 4.79 Å². The minimum Gasteiger partial charge on any atom is -0.481 e. The Bertz CT molecular complexity index is 1210. The summed E-state index contributed by atoms with van der Waals surface area (Å²) in [4.78, 5) is 17.0. The third-order valence-corrected chi connectivity index (χ3v) is 6.88. The van der Waals surface area contributed by atoms with Gasteiger partial charge in [0.25, 0.3) is 0 Å². The Hall–Kier alpha value is -2.27. The molecule has 4 nitrogen and oxygen atoms in total. The zero-order valence-corrected chi connectivity index (χ0v) is 20.8. The molecule has 172 valence electrons. The highest BCUT2D eigenvalue weighted by atomic mass is 35.5. The van der Waals surface area contributed by atoms with Crippen molar-refractivity contribution in [2.75, 3.05) is 0 Å². The number of hydrogen-bond acceptors (Lipinski definition) is 3. The van der Waals surface area contributed by atoms with Crippen LogP contribution in [0.25, 0.3) is 22.4 Å². The number of rotatable bonds is 5. The Labute approximate surface area is 208 Å². The molecule has 1 N–H and O–H groups in total. The molecule has 0 amide bonds. The molecule has 0 fully saturated rings. The molecule has 0 saturated carbocycles. The molecule has 0 radical (unpaired) electrons. The number of ether oxygens (including phenoxy) is 1. The van der Waals surface area contributed by atoms with E-state index >= 15 is 0 Å². The molecule has 4 rings (SSSR count). The van der Waals surface area contributed by atoms with Gasteiger partial charge in [0.15, 0.2) is 0 Å². The summed E-state index contributed by atoms with van der Waals surface area (Å²) in [5.41, 5.74) is 3.30. The fourth-order valence-electron chi connectivity index (χ4n) is 4.53. The zero-order valence-electron chi connectivity index (χ0n) is 18.5. The van der Waals surface area contributed by atoms with Crippen molar-refractivity contribution < 1.29 is 14.6 Å². The summed E-state index contributed by atoms with van der Waals surface area (Å²) in [6, 6.07) is 14.7. The monoisotopic (exact) mass is 503 g/mol. The summed E-state index contributed by atoms with van der Waals surface area (Å²) in [5.74, 6) is -1.16. The van der Waals surface area contributed by atoms with Crippen LogP contribution in [0.5, 0.6) is 5.88 Å². The second kappa shape index (κ2) is 9.17. The number of hydrogen-bond donors (Lipinski definition) is 1. The number of carbonyl (C=O) groups is 1. The molecule has 1 aliphatic rings. The highest BCUT2D eigenvalue weighted by Crippen LogP contribution is 2.48. The lowest BCUT2D eigenvalue weighted by molar-refractivity contribution is -0.143. The topological polar surface area (TPSA) is 59.4 Å². The van der Waals surface area contributed by atoms with E-state index in [1.807, 2.05) is 57.2 Å². The van der Waals surface area contributed by atoms with Gasteiger partial charge in [-0.2, -0.15) is 0 Å². The molecule has 2 unspecified atom stereocenters. The molecule has 0 spiro atoms. The normalized spacial score (nSPS) is 17.7. The van der Waals surface area contributed by atoms with Crippen LogP contribution >= 0.6 is 34.8 Å². The average Bonchev–Trinajstić information content (AvgIpc) is 2.73. The number of aromatic nitrogens is 1. The van der Waals surface area contributed by atoms with Crippen LogP contribution in [-0.4, -0.2) is 21.7 Å². The van der Waals surface area contributed by atoms with Gasteiger partial charge in [0.2, 0.25) is 5.88 Å². The van der Waals surface area contributed by atoms with Gasteiger partial charge in [-0.05, 0) is 68.7 Å². The second-order valence-corrected chi connectivity index (χ2v) is 10.2. The van der Waals surface area contributed by atoms with Crippen LogP contribution in [0.3, 0.4) is 0 Å². The fraction of sp³-hybridized carbons (Fsp3) is 0.308. The number of carboxylic acid groups (broad SMARTS) is 1. The van der Waals surface area contributed by atoms with Crippen molar-refractivity contribution in [3.8, 4) is 28.3 Å². The van der Waals surface area contributed by atoms with Crippen LogP contribution in [0.2, 0.25) is 15.1 Å². The molecule has 0 aliphatic carbocycles. The number of carboxylic acids is 1. The number of halogens is 3. The first-order valence-electron chi connectivity index (χ1n) is 10.8. The molecule has 33 heavy (non-hydrogen) atoms. The third-order valence-electron chi connectivity index (χ3n) is 6.08. The lowest BCUT2D eigenvalue weighted by Crippen LogP contribution is -2.39. The van der Waals surface area contributed by atoms with Gasteiger partial charge in [-0.15, -0.1) is 0 Å². The molecule has 2 atom stereocenters. The summed E-state index contributed by atoms with van der Waals surface area (Å²) in [6.07, 6.45) is 1.09. The molecule has 2 aromatic carbocycles. The van der Waals surface area contributed by atoms with Crippen LogP contribution in [0.15, 0.2) is 48.5 Å². The van der Waals surface area contributed by atoms with E-state index < -0.39 is 17.5 Å². The van der Waals surface area contributed by atoms with Crippen LogP contribution in [0.4, 0.5) is 0 Å². The summed E-state index contributed by atoms with van der Waals surface area (Å²) < 4.78 is 6.27. The summed E-state index contributed by atoms with van der Waals surface area (Å²) in [5, 5.41) is 11.5. The predicted octanol–water partition coefficient (Wildman–Crippen LogP) is 8.13. The summed E-state index contributed by atoms with van der Waals surface area (Å²) in [7, 11) is 0. The van der Waals surface area contributed by atoms with E-state index in [0.29, 0.717) is 45.0 Å². The van der Waals surface area contributed by atoms with Crippen molar-refractivity contribution in [1.82, 2.24) is 4.98 Å². The Morgan fingerprint density at radius 1 is 1.09 bits per heavy atom. The number of pyridine rings is 1. The minimum atomic E-state index is -0.816. The van der Waals surface area contributed by atoms with Gasteiger partial charge >= 0.3 is 5.97 Å². The van der Waals surface area contributed by atoms with Gasteiger partial charge in [0.05, 0.1) is 16.6 Å². The van der Waals surface area contributed by atoms with E-state index in [4.69, 9.17) is 44.5 Å². The van der Waals surface area contributed by atoms with E-state index in [0.717, 1.165) is 16.7 Å². The fourth-order valence-corrected chi connectivity index (χ4v) is 5.15. The molecule has 1 aliphatic heterocycles. The van der Waals surface area contributed by atoms with Crippen LogP contribution < -0.4 is 4.74 Å². The maximum atomic E-state index is 12.1. The van der Waals surface area contributed by atoms with E-state index in [2.05, 4.69) is 0 Å². The molecule has 7 heteroatoms. The molecular weight excluding hydrogens is 481 g/mol. The van der Waals surface area contributed by atoms with Gasteiger partial charge in [0.1, 0.15) is 5.60 Å². The van der Waals surface area contributed by atoms with E-state index in [9.17, 15) is 9.90 Å². The second-order valence-electron chi connectivity index (χ2n) is 8.94. The molecule has 0 saturated heterocycles. The number of aliphatic carboxylic acids is 1. The first kappa shape index (κ1) is 23.9. The minimum absolute atomic E-state index is 0.237. The Kier molecular flexibility index (Phi) is 6.63. The largest absolute Gasteiger partial charge is 0.481 e. The summed E-state index contributed by atoms with van der Waals surface area (Å²) in [6.45, 7) is 5.82. The van der Waals surface area contributed by atoms with Crippen LogP contribution in [-0.2, 0) is 4.79 Å². The smallest absolute Gasteiger partial charge is 0.307 e. The van der Waals surface area contributed by atoms with Gasteiger partial charge in [0, 0.05) is 32.7 Å². The highest BCUT2D eigenvalue weighted by Gasteiger charge is 2.41. The Morgan fingerprint density at radius 2 is 1.76 bits per heavy atom. The van der Waals surface area contributed by atoms with Crippen molar-refractivity contribution in [3.05, 3.63) is 69.2 Å². The van der Waals surface area contributed by atoms with E-state index in [1.54, 1.807) is 12.1 Å². The van der Waals surface area contributed by atoms with Crippen molar-refractivity contribution in [2.24, 2.45) is 5.92 Å². The van der Waals surface area contributed by atoms with Crippen molar-refractivity contribution in [1.29, 1.82) is 0 Å². The van der Waals surface area contributed by atoms with Gasteiger partial charge in [-0.1, -0.05) is 53.9 Å². The number of nitrogens with zero attached hydrogens (tertiary/aromatic N) is 1. The highest BCUT2D eigenvalue weighted by molar-refractivity contribution is 6.36. The maximum absolute atomic E-state index is 12.1. The summed E-state index contributed by atoms with van der Waals surface area (Å²) >= 11 is 18.8. The number of benzene rings is 2. The number of fused-ring (bicyclic) bond motifs is 1. The molecule has 2 heterocycles. The van der Waals surface area contributed by atoms with Gasteiger partial charge in [-0.25, -0.2) is 4.98 Å². The maximum Gasteiger partial charge on any atom is 0.307 e. The first-order valence-corrected chi connectivity index (χ1v) is 11.9. The Balaban J connectivity index is 2.00. The van der Waals surface area contributed by atoms with E-state index in [1.165, 1.54) is 0 Å². The van der Waals surface area contributed by atoms with Crippen molar-refractivity contribution in [3.63, 3.8) is 0 Å². The van der Waals surface area contributed by atoms with Crippen LogP contribution in [0, 0.1) is 5.92 Å². The van der Waals surface area contributed by atoms with Crippen molar-refractivity contribution in [2.45, 2.75) is 45.1 Å². The van der Waals surface area contributed by atoms with Gasteiger partial charge < -0.3 is 9.84 Å². The standard InChI is InChI=1S/C26H24Cl3NO3/c1-4-17(25(31)32)21-13-26(2,3)33-24-20(21)12-19(14-5-7-15(27)8-6-14)23(30-24)18-10-9-16(28)11-22(18)29/h5-12,17,21H,4,13H2,1-3H3,(H,31,32). The molecular formula is C26H24Cl3NO3. The van der Waals surface area contributed by atoms with E-state index in [-0.39, 0.29) is 5.92 Å². The third kappa shape index (κ3) is 4.84. The van der Waals surface area contributed by atoms with Crippen LogP contribution in [0.1, 0.15) is 45.1 Å². The zero-order chi connectivity index (χ0) is 23.9. The SMILES string of the molecule is CCC(C(=O)O)C1CC(C)(C)Oc2nc(-c3ccc(Cl)cc3Cl)c(-c3ccc(Cl)cc3)cc21. The molecule has 0 bridgehead atoms. The molecule has 3 aromatic rings. The quantitative estimate of drug-likeness (QED) is 0.381. The lowest BCUT2D eigenvalue weighted by atomic mass is 9.75. The van der Waals surface area contributed by atoms with Crippen molar-refractivity contribution >= 4 is 40.8 Å². The first-order chi connectivity index (χ1) is 15.6. The Morgan fingerprint density at radius 3 is 2.36 bits per heavy atom. The predicted molar refractivity (Wildman–Crippen MR) is 134 cm³/mol.